The predicted molar refractivity (Wildman–Crippen MR) is 123 cm³/mol. The topological polar surface area (TPSA) is 125 Å². The first-order valence-electron chi connectivity index (χ1n) is 10.4. The smallest absolute Gasteiger partial charge is 0.423 e. The Morgan fingerprint density at radius 1 is 1.19 bits per heavy atom. The van der Waals surface area contributed by atoms with E-state index in [4.69, 9.17) is 25.8 Å². The number of alkyl halides is 3. The van der Waals surface area contributed by atoms with Crippen LogP contribution in [0.1, 0.15) is 25.0 Å². The molecule has 10 nitrogen and oxygen atoms in total. The second-order valence-corrected chi connectivity index (χ2v) is 9.41. The van der Waals surface area contributed by atoms with Crippen molar-refractivity contribution >= 4 is 28.0 Å². The summed E-state index contributed by atoms with van der Waals surface area (Å²) in [5, 5.41) is 1.85. The standard InChI is InChI=1S/C21H25ClF3N3O7S/c1-13(2)10-28-36(30,31)35-20(29)27-11-14-4-5-16(33-7-6-32-3)9-18(14)34-19-17(22)8-15(12-26-19)21(23,24)25/h4-5,8-9,12-13,28H,6-7,10-11H2,1-3H3,(H,27,29). The second-order valence-electron chi connectivity index (χ2n) is 7.64. The molecule has 36 heavy (non-hydrogen) atoms. The highest BCUT2D eigenvalue weighted by Gasteiger charge is 2.32. The van der Waals surface area contributed by atoms with Crippen molar-refractivity contribution in [3.8, 4) is 17.4 Å². The second kappa shape index (κ2) is 12.9. The van der Waals surface area contributed by atoms with Gasteiger partial charge in [-0.05, 0) is 24.1 Å². The molecule has 0 saturated carbocycles. The first-order chi connectivity index (χ1) is 16.8. The van der Waals surface area contributed by atoms with Crippen molar-refractivity contribution in [2.24, 2.45) is 5.92 Å². The van der Waals surface area contributed by atoms with Gasteiger partial charge in [-0.25, -0.2) is 9.78 Å². The van der Waals surface area contributed by atoms with Crippen LogP contribution in [0.2, 0.25) is 5.02 Å². The molecule has 0 saturated heterocycles. The van der Waals surface area contributed by atoms with Crippen LogP contribution in [0.4, 0.5) is 18.0 Å². The van der Waals surface area contributed by atoms with Gasteiger partial charge in [0.2, 0.25) is 5.88 Å². The largest absolute Gasteiger partial charge is 0.491 e. The molecule has 1 aromatic heterocycles. The van der Waals surface area contributed by atoms with Crippen molar-refractivity contribution in [1.29, 1.82) is 0 Å². The lowest BCUT2D eigenvalue weighted by Crippen LogP contribution is -2.35. The van der Waals surface area contributed by atoms with Crippen LogP contribution >= 0.6 is 11.6 Å². The van der Waals surface area contributed by atoms with E-state index in [0.29, 0.717) is 18.0 Å². The molecule has 1 heterocycles. The molecule has 2 aromatic rings. The summed E-state index contributed by atoms with van der Waals surface area (Å²) in [6.07, 6.45) is -5.35. The fraction of sp³-hybridized carbons (Fsp3) is 0.429. The number of hydrogen-bond donors (Lipinski definition) is 2. The number of benzene rings is 1. The summed E-state index contributed by atoms with van der Waals surface area (Å²) >= 11 is 5.93. The first kappa shape index (κ1) is 29.4. The fourth-order valence-corrected chi connectivity index (χ4v) is 3.52. The summed E-state index contributed by atoms with van der Waals surface area (Å²) in [6, 6.07) is 5.08. The molecule has 0 spiro atoms. The zero-order valence-corrected chi connectivity index (χ0v) is 21.1. The van der Waals surface area contributed by atoms with Crippen molar-refractivity contribution in [3.05, 3.63) is 46.6 Å². The molecule has 0 aliphatic carbocycles. The van der Waals surface area contributed by atoms with Crippen LogP contribution in [0.3, 0.4) is 0 Å². The molecule has 2 N–H and O–H groups in total. The third-order valence-electron chi connectivity index (χ3n) is 4.21. The maximum absolute atomic E-state index is 12.9. The summed E-state index contributed by atoms with van der Waals surface area (Å²) in [5.41, 5.74) is -0.773. The fourth-order valence-electron chi connectivity index (χ4n) is 2.46. The van der Waals surface area contributed by atoms with Crippen LogP contribution in [-0.2, 0) is 31.9 Å². The average molecular weight is 556 g/mol. The molecular weight excluding hydrogens is 531 g/mol. The van der Waals surface area contributed by atoms with Crippen molar-refractivity contribution in [2.75, 3.05) is 26.9 Å². The number of ether oxygens (including phenoxy) is 3. The van der Waals surface area contributed by atoms with Gasteiger partial charge in [0.25, 0.3) is 0 Å². The number of halogens is 4. The van der Waals surface area contributed by atoms with Crippen LogP contribution in [0.5, 0.6) is 17.4 Å². The summed E-state index contributed by atoms with van der Waals surface area (Å²) in [4.78, 5) is 15.6. The van der Waals surface area contributed by atoms with Crippen LogP contribution in [-0.4, -0.2) is 46.4 Å². The van der Waals surface area contributed by atoms with E-state index in [2.05, 4.69) is 19.2 Å². The van der Waals surface area contributed by atoms with Gasteiger partial charge < -0.3 is 23.7 Å². The Balaban J connectivity index is 2.21. The molecule has 0 aliphatic heterocycles. The Bertz CT molecular complexity index is 1150. The molecule has 0 aliphatic rings. The quantitative estimate of drug-likeness (QED) is 0.372. The summed E-state index contributed by atoms with van der Waals surface area (Å²) in [7, 11) is -2.84. The van der Waals surface area contributed by atoms with Crippen LogP contribution in [0, 0.1) is 5.92 Å². The molecule has 15 heteroatoms. The Hall–Kier alpha value is -2.81. The number of rotatable bonds is 12. The molecule has 0 radical (unpaired) electrons. The third kappa shape index (κ3) is 9.68. The number of pyridine rings is 1. The van der Waals surface area contributed by atoms with Crippen LogP contribution in [0.15, 0.2) is 30.5 Å². The summed E-state index contributed by atoms with van der Waals surface area (Å²) in [6.45, 7) is 3.82. The van der Waals surface area contributed by atoms with Gasteiger partial charge in [-0.2, -0.15) is 26.3 Å². The van der Waals surface area contributed by atoms with E-state index < -0.39 is 33.2 Å². The third-order valence-corrected chi connectivity index (χ3v) is 5.37. The van der Waals surface area contributed by atoms with Gasteiger partial charge in [0.15, 0.2) is 0 Å². The van der Waals surface area contributed by atoms with Gasteiger partial charge in [-0.1, -0.05) is 25.4 Å². The Labute approximate surface area is 211 Å². The van der Waals surface area contributed by atoms with E-state index in [0.717, 1.165) is 0 Å². The zero-order chi connectivity index (χ0) is 26.9. The lowest BCUT2D eigenvalue weighted by molar-refractivity contribution is -0.137. The summed E-state index contributed by atoms with van der Waals surface area (Å²) < 4.78 is 84.9. The molecular formula is C21H25ClF3N3O7S. The number of aromatic nitrogens is 1. The minimum absolute atomic E-state index is 0.0126. The first-order valence-corrected chi connectivity index (χ1v) is 12.2. The maximum Gasteiger partial charge on any atom is 0.423 e. The highest BCUT2D eigenvalue weighted by molar-refractivity contribution is 7.85. The predicted octanol–water partition coefficient (Wildman–Crippen LogP) is 4.29. The number of hydrogen-bond acceptors (Lipinski definition) is 8. The Kier molecular flexibility index (Phi) is 10.6. The maximum atomic E-state index is 12.9. The van der Waals surface area contributed by atoms with Gasteiger partial charge >= 0.3 is 22.6 Å². The Morgan fingerprint density at radius 3 is 2.53 bits per heavy atom. The number of carbonyl (C=O) groups is 1. The number of amides is 1. The Morgan fingerprint density at radius 2 is 1.92 bits per heavy atom. The van der Waals surface area contributed by atoms with Crippen molar-refractivity contribution in [2.45, 2.75) is 26.6 Å². The normalized spacial score (nSPS) is 11.9. The molecule has 1 aromatic carbocycles. The van der Waals surface area contributed by atoms with E-state index in [1.54, 1.807) is 13.8 Å². The van der Waals surface area contributed by atoms with E-state index in [1.807, 2.05) is 0 Å². The van der Waals surface area contributed by atoms with Gasteiger partial charge in [-0.15, -0.1) is 0 Å². The van der Waals surface area contributed by atoms with Gasteiger partial charge in [-0.3, -0.25) is 0 Å². The molecule has 0 unspecified atom stereocenters. The van der Waals surface area contributed by atoms with Crippen molar-refractivity contribution < 1.29 is 44.8 Å². The molecule has 0 atom stereocenters. The van der Waals surface area contributed by atoms with E-state index in [1.165, 1.54) is 25.3 Å². The van der Waals surface area contributed by atoms with Gasteiger partial charge in [0.05, 0.1) is 12.2 Å². The van der Waals surface area contributed by atoms with E-state index in [9.17, 15) is 26.4 Å². The lowest BCUT2D eigenvalue weighted by atomic mass is 10.2. The van der Waals surface area contributed by atoms with E-state index >= 15 is 0 Å². The monoisotopic (exact) mass is 555 g/mol. The lowest BCUT2D eigenvalue weighted by Gasteiger charge is -2.15. The average Bonchev–Trinajstić information content (AvgIpc) is 2.78. The van der Waals surface area contributed by atoms with Gasteiger partial charge in [0.1, 0.15) is 23.1 Å². The molecule has 0 bridgehead atoms. The number of nitrogens with zero attached hydrogens (tertiary/aromatic N) is 1. The van der Waals surface area contributed by atoms with Crippen LogP contribution in [0.25, 0.3) is 0 Å². The highest BCUT2D eigenvalue weighted by atomic mass is 35.5. The summed E-state index contributed by atoms with van der Waals surface area (Å²) in [5.74, 6) is 0.00133. The molecule has 1 amide bonds. The number of carbonyl (C=O) groups excluding carboxylic acids is 1. The number of nitrogens with one attached hydrogen (secondary N) is 2. The number of methoxy groups -OCH3 is 1. The van der Waals surface area contributed by atoms with Gasteiger partial charge in [0, 0.05) is 38.0 Å². The minimum atomic E-state index is -4.65. The van der Waals surface area contributed by atoms with E-state index in [-0.39, 0.29) is 49.4 Å². The molecule has 200 valence electrons. The highest BCUT2D eigenvalue weighted by Crippen LogP contribution is 2.36. The van der Waals surface area contributed by atoms with Crippen molar-refractivity contribution in [3.63, 3.8) is 0 Å². The van der Waals surface area contributed by atoms with Crippen LogP contribution < -0.4 is 19.5 Å². The minimum Gasteiger partial charge on any atom is -0.491 e. The SMILES string of the molecule is COCCOc1ccc(CNC(=O)OS(=O)(=O)NCC(C)C)c(Oc2ncc(C(F)(F)F)cc2Cl)c1. The molecule has 2 rings (SSSR count). The zero-order valence-electron chi connectivity index (χ0n) is 19.5. The molecule has 0 fully saturated rings. The van der Waals surface area contributed by atoms with Crippen molar-refractivity contribution in [1.82, 2.24) is 15.0 Å².